The first-order valence-electron chi connectivity index (χ1n) is 7.08. The smallest absolute Gasteiger partial charge is 0.282 e. The molecule has 0 fully saturated rings. The second-order valence-corrected chi connectivity index (χ2v) is 6.09. The highest BCUT2D eigenvalue weighted by Gasteiger charge is 2.48. The van der Waals surface area contributed by atoms with E-state index in [0.717, 1.165) is 27.3 Å². The third-order valence-electron chi connectivity index (χ3n) is 3.91. The zero-order chi connectivity index (χ0) is 16.7. The van der Waals surface area contributed by atoms with E-state index in [1.807, 2.05) is 39.0 Å². The van der Waals surface area contributed by atoms with Gasteiger partial charge in [0.25, 0.3) is 5.91 Å². The molecule has 0 radical (unpaired) electrons. The summed E-state index contributed by atoms with van der Waals surface area (Å²) in [5, 5.41) is 20.3. The summed E-state index contributed by atoms with van der Waals surface area (Å²) in [7, 11) is 0. The molecule has 0 aliphatic carbocycles. The highest BCUT2D eigenvalue weighted by Crippen LogP contribution is 2.40. The van der Waals surface area contributed by atoms with Gasteiger partial charge in [0.2, 0.25) is 0 Å². The maximum atomic E-state index is 12.7. The average Bonchev–Trinajstić information content (AvgIpc) is 2.56. The molecule has 0 spiro atoms. The molecule has 1 amide bonds. The lowest BCUT2D eigenvalue weighted by atomic mass is 9.91. The van der Waals surface area contributed by atoms with Crippen LogP contribution in [0.4, 0.5) is 0 Å². The van der Waals surface area contributed by atoms with E-state index in [2.05, 4.69) is 0 Å². The first-order valence-corrected chi connectivity index (χ1v) is 7.08. The molecule has 1 aliphatic heterocycles. The van der Waals surface area contributed by atoms with Crippen molar-refractivity contribution in [1.29, 1.82) is 5.26 Å². The predicted molar refractivity (Wildman–Crippen MR) is 82.7 cm³/mol. The molecule has 5 nitrogen and oxygen atoms in total. The van der Waals surface area contributed by atoms with Gasteiger partial charge in [-0.15, -0.1) is 0 Å². The third-order valence-corrected chi connectivity index (χ3v) is 3.91. The number of hydroxylamine groups is 2. The minimum atomic E-state index is -1.01. The number of nitrogens with zero attached hydrogens (tertiary/aromatic N) is 2. The minimum absolute atomic E-state index is 0.0366. The van der Waals surface area contributed by atoms with Crippen LogP contribution >= 0.6 is 0 Å². The number of carbonyl (C=O) groups excluding carboxylic acids is 1. The van der Waals surface area contributed by atoms with Crippen molar-refractivity contribution in [2.45, 2.75) is 40.2 Å². The van der Waals surface area contributed by atoms with Crippen molar-refractivity contribution < 1.29 is 14.7 Å². The molecule has 1 heterocycles. The van der Waals surface area contributed by atoms with Crippen molar-refractivity contribution in [3.8, 4) is 6.07 Å². The molecule has 116 valence electrons. The lowest BCUT2D eigenvalue weighted by Crippen LogP contribution is -2.43. The van der Waals surface area contributed by atoms with Crippen LogP contribution in [0.15, 0.2) is 17.9 Å². The van der Waals surface area contributed by atoms with Gasteiger partial charge in [-0.25, -0.2) is 5.06 Å². The van der Waals surface area contributed by atoms with Gasteiger partial charge >= 0.3 is 0 Å². The van der Waals surface area contributed by atoms with Gasteiger partial charge in [-0.3, -0.25) is 9.63 Å². The summed E-state index contributed by atoms with van der Waals surface area (Å²) in [6, 6.07) is 5.78. The molecule has 2 rings (SSSR count). The number of carbonyl (C=O) groups is 1. The van der Waals surface area contributed by atoms with Gasteiger partial charge in [-0.1, -0.05) is 17.7 Å². The lowest BCUT2D eigenvalue weighted by molar-refractivity contribution is -0.197. The van der Waals surface area contributed by atoms with Gasteiger partial charge in [0, 0.05) is 0 Å². The molecule has 22 heavy (non-hydrogen) atoms. The van der Waals surface area contributed by atoms with Crippen LogP contribution in [0.5, 0.6) is 0 Å². The van der Waals surface area contributed by atoms with Gasteiger partial charge in [-0.2, -0.15) is 5.26 Å². The Labute approximate surface area is 130 Å². The fraction of sp³-hybridized carbons (Fsp3) is 0.412. The number of aryl methyl sites for hydroxylation is 3. The van der Waals surface area contributed by atoms with Crippen LogP contribution in [0.2, 0.25) is 0 Å². The molecule has 1 aromatic rings. The van der Waals surface area contributed by atoms with Gasteiger partial charge < -0.3 is 5.11 Å². The summed E-state index contributed by atoms with van der Waals surface area (Å²) in [6.45, 7) is 8.93. The predicted octanol–water partition coefficient (Wildman–Crippen LogP) is 2.96. The maximum absolute atomic E-state index is 12.7. The topological polar surface area (TPSA) is 73.6 Å². The number of aliphatic hydroxyl groups is 1. The van der Waals surface area contributed by atoms with E-state index >= 15 is 0 Å². The van der Waals surface area contributed by atoms with Crippen molar-refractivity contribution in [3.63, 3.8) is 0 Å². The first kappa shape index (κ1) is 16.1. The normalized spacial score (nSPS) is 17.1. The Balaban J connectivity index is 2.59. The van der Waals surface area contributed by atoms with E-state index < -0.39 is 11.4 Å². The average molecular weight is 300 g/mol. The summed E-state index contributed by atoms with van der Waals surface area (Å²) >= 11 is 0. The monoisotopic (exact) mass is 300 g/mol. The van der Waals surface area contributed by atoms with Crippen molar-refractivity contribution in [2.75, 3.05) is 6.61 Å². The molecular formula is C17H20N2O3. The fourth-order valence-electron chi connectivity index (χ4n) is 2.97. The number of hydrogen-bond acceptors (Lipinski definition) is 4. The fourth-order valence-corrected chi connectivity index (χ4v) is 2.97. The molecule has 0 bridgehead atoms. The van der Waals surface area contributed by atoms with E-state index in [9.17, 15) is 9.90 Å². The first-order chi connectivity index (χ1) is 10.2. The highest BCUT2D eigenvalue weighted by atomic mass is 16.7. The number of rotatable bonds is 3. The quantitative estimate of drug-likeness (QED) is 0.931. The summed E-state index contributed by atoms with van der Waals surface area (Å²) in [5.74, 6) is -0.460. The summed E-state index contributed by atoms with van der Waals surface area (Å²) < 4.78 is 0. The Morgan fingerprint density at radius 3 is 2.32 bits per heavy atom. The van der Waals surface area contributed by atoms with Crippen LogP contribution in [0, 0.1) is 32.1 Å². The second kappa shape index (κ2) is 5.47. The Morgan fingerprint density at radius 1 is 1.27 bits per heavy atom. The van der Waals surface area contributed by atoms with Crippen molar-refractivity contribution in [1.82, 2.24) is 5.06 Å². The molecule has 5 heteroatoms. The number of aliphatic hydroxyl groups excluding tert-OH is 1. The molecule has 0 unspecified atom stereocenters. The molecule has 1 N–H and O–H groups in total. The van der Waals surface area contributed by atoms with Crippen molar-refractivity contribution in [2.24, 2.45) is 0 Å². The molecular weight excluding hydrogens is 280 g/mol. The van der Waals surface area contributed by atoms with Crippen molar-refractivity contribution >= 4 is 11.5 Å². The van der Waals surface area contributed by atoms with Crippen molar-refractivity contribution in [3.05, 3.63) is 40.1 Å². The Bertz CT molecular complexity index is 688. The van der Waals surface area contributed by atoms with Crippen LogP contribution in [0.3, 0.4) is 0 Å². The largest absolute Gasteiger partial charge is 0.509 e. The van der Waals surface area contributed by atoms with Crippen LogP contribution in [0.1, 0.15) is 36.1 Å². The Hall–Kier alpha value is -2.32. The summed E-state index contributed by atoms with van der Waals surface area (Å²) in [5.41, 5.74) is 2.91. The Morgan fingerprint density at radius 2 is 1.82 bits per heavy atom. The molecule has 0 aromatic heterocycles. The molecule has 1 aromatic carbocycles. The van der Waals surface area contributed by atoms with E-state index in [4.69, 9.17) is 10.1 Å². The highest BCUT2D eigenvalue weighted by molar-refractivity contribution is 6.23. The molecule has 1 aliphatic rings. The van der Waals surface area contributed by atoms with E-state index in [0.29, 0.717) is 0 Å². The zero-order valence-electron chi connectivity index (χ0n) is 13.5. The van der Waals surface area contributed by atoms with Crippen LogP contribution in [-0.2, 0) is 9.63 Å². The number of benzene rings is 1. The van der Waals surface area contributed by atoms with E-state index in [1.54, 1.807) is 13.8 Å². The standard InChI is InChI=1S/C17H20N2O3/c1-10-8-11(2)13(12(3)9-10)14-15(20)17(4,5)19(16(14)21)22-7-6-18/h8-9,20H,7H2,1-5H3. The SMILES string of the molecule is Cc1cc(C)c(C2=C(O)C(C)(C)N(OCC#N)C2=O)c(C)c1. The van der Waals surface area contributed by atoms with Crippen LogP contribution < -0.4 is 0 Å². The Kier molecular flexibility index (Phi) is 3.99. The van der Waals surface area contributed by atoms with Gasteiger partial charge in [-0.05, 0) is 51.3 Å². The van der Waals surface area contributed by atoms with Gasteiger partial charge in [0.05, 0.1) is 11.6 Å². The van der Waals surface area contributed by atoms with Crippen LogP contribution in [-0.4, -0.2) is 28.2 Å². The van der Waals surface area contributed by atoms with Gasteiger partial charge in [0.15, 0.2) is 6.61 Å². The number of hydrogen-bond donors (Lipinski definition) is 1. The molecule has 0 saturated carbocycles. The second-order valence-electron chi connectivity index (χ2n) is 6.09. The lowest BCUT2D eigenvalue weighted by Gasteiger charge is -2.29. The van der Waals surface area contributed by atoms with Gasteiger partial charge in [0.1, 0.15) is 11.3 Å². The van der Waals surface area contributed by atoms with E-state index in [1.165, 1.54) is 0 Å². The molecule has 0 atom stereocenters. The van der Waals surface area contributed by atoms with E-state index in [-0.39, 0.29) is 17.9 Å². The third kappa shape index (κ3) is 2.36. The maximum Gasteiger partial charge on any atom is 0.282 e. The number of amides is 1. The summed E-state index contributed by atoms with van der Waals surface area (Å²) in [4.78, 5) is 17.9. The summed E-state index contributed by atoms with van der Waals surface area (Å²) in [6.07, 6.45) is 0. The minimum Gasteiger partial charge on any atom is -0.509 e. The zero-order valence-corrected chi connectivity index (χ0v) is 13.5. The number of nitriles is 1. The molecule has 0 saturated heterocycles. The van der Waals surface area contributed by atoms with Crippen LogP contribution in [0.25, 0.3) is 5.57 Å².